The van der Waals surface area contributed by atoms with Crippen LogP contribution >= 0.6 is 28.0 Å². The highest BCUT2D eigenvalue weighted by atomic mass is 33.3. The highest BCUT2D eigenvalue weighted by Gasteiger charge is 2.25. The smallest absolute Gasteiger partial charge is 0.409 e. The van der Waals surface area contributed by atoms with E-state index in [4.69, 9.17) is 13.8 Å². The van der Waals surface area contributed by atoms with Crippen molar-refractivity contribution in [3.8, 4) is 0 Å². The van der Waals surface area contributed by atoms with Crippen molar-refractivity contribution >= 4 is 34.1 Å². The number of amides is 1. The highest BCUT2D eigenvalue weighted by molar-refractivity contribution is 8.98. The van der Waals surface area contributed by atoms with Gasteiger partial charge in [0.25, 0.3) is 0 Å². The summed E-state index contributed by atoms with van der Waals surface area (Å²) in [6.45, 7) is 1.62. The van der Waals surface area contributed by atoms with E-state index in [1.807, 2.05) is 6.92 Å². The van der Waals surface area contributed by atoms with E-state index in [0.717, 1.165) is 16.8 Å². The number of hydrogen-bond donors (Lipinski definition) is 0. The normalized spacial score (nSPS) is 13.9. The lowest BCUT2D eigenvalue weighted by Crippen LogP contribution is -2.23. The summed E-state index contributed by atoms with van der Waals surface area (Å²) >= 11 is 0. The minimum atomic E-state index is -3.09. The Morgan fingerprint density at radius 2 is 1.89 bits per heavy atom. The third-order valence-corrected chi connectivity index (χ3v) is 7.92. The van der Waals surface area contributed by atoms with Gasteiger partial charge in [0.1, 0.15) is 6.61 Å². The number of rotatable bonds is 10. The minimum Gasteiger partial charge on any atom is -0.449 e. The molecule has 0 aromatic rings. The van der Waals surface area contributed by atoms with Crippen LogP contribution in [0.2, 0.25) is 0 Å². The zero-order chi connectivity index (χ0) is 14.7. The van der Waals surface area contributed by atoms with Gasteiger partial charge in [0.2, 0.25) is 0 Å². The van der Waals surface area contributed by atoms with Crippen LogP contribution in [0.15, 0.2) is 0 Å². The average molecular weight is 331 g/mol. The van der Waals surface area contributed by atoms with Crippen molar-refractivity contribution in [3.63, 3.8) is 0 Å². The predicted molar refractivity (Wildman–Crippen MR) is 80.6 cm³/mol. The Balaban J connectivity index is 3.87. The summed E-state index contributed by atoms with van der Waals surface area (Å²) < 4.78 is 27.5. The molecule has 0 N–H and O–H groups in total. The SMILES string of the molecule is CCCOP(=O)(OCC)SSCCOC(=O)N(C)C. The average Bonchev–Trinajstić information content (AvgIpc) is 2.36. The van der Waals surface area contributed by atoms with Crippen molar-refractivity contribution in [2.24, 2.45) is 0 Å². The maximum Gasteiger partial charge on any atom is 0.409 e. The van der Waals surface area contributed by atoms with Gasteiger partial charge in [0.05, 0.1) is 13.2 Å². The third kappa shape index (κ3) is 9.62. The third-order valence-electron chi connectivity index (χ3n) is 1.64. The molecule has 0 rings (SSSR count). The molecule has 1 unspecified atom stereocenters. The van der Waals surface area contributed by atoms with E-state index in [1.54, 1.807) is 21.0 Å². The van der Waals surface area contributed by atoms with Crippen LogP contribution in [-0.2, 0) is 18.3 Å². The highest BCUT2D eigenvalue weighted by Crippen LogP contribution is 2.65. The summed E-state index contributed by atoms with van der Waals surface area (Å²) in [5.74, 6) is 0.525. The van der Waals surface area contributed by atoms with E-state index >= 15 is 0 Å². The van der Waals surface area contributed by atoms with Crippen LogP contribution in [0.1, 0.15) is 20.3 Å². The largest absolute Gasteiger partial charge is 0.449 e. The molecule has 114 valence electrons. The second kappa shape index (κ2) is 10.9. The fraction of sp³-hybridized carbons (Fsp3) is 0.900. The molecule has 0 bridgehead atoms. The summed E-state index contributed by atoms with van der Waals surface area (Å²) in [4.78, 5) is 12.5. The van der Waals surface area contributed by atoms with E-state index in [9.17, 15) is 9.36 Å². The maximum atomic E-state index is 12.2. The van der Waals surface area contributed by atoms with Crippen molar-refractivity contribution < 1.29 is 23.1 Å². The van der Waals surface area contributed by atoms with Crippen LogP contribution in [0.3, 0.4) is 0 Å². The van der Waals surface area contributed by atoms with E-state index in [1.165, 1.54) is 15.7 Å². The molecule has 0 aliphatic rings. The molecule has 19 heavy (non-hydrogen) atoms. The summed E-state index contributed by atoms with van der Waals surface area (Å²) in [5.41, 5.74) is 0. The molecular weight excluding hydrogens is 309 g/mol. The van der Waals surface area contributed by atoms with Gasteiger partial charge in [-0.2, -0.15) is 0 Å². The van der Waals surface area contributed by atoms with Gasteiger partial charge in [-0.3, -0.25) is 0 Å². The monoisotopic (exact) mass is 331 g/mol. The van der Waals surface area contributed by atoms with Crippen LogP contribution in [0, 0.1) is 0 Å². The number of hydrogen-bond acceptors (Lipinski definition) is 7. The molecule has 1 atom stereocenters. The second-order valence-electron chi connectivity index (χ2n) is 3.60. The predicted octanol–water partition coefficient (Wildman–Crippen LogP) is 3.64. The Kier molecular flexibility index (Phi) is 10.9. The lowest BCUT2D eigenvalue weighted by molar-refractivity contribution is 0.125. The maximum absolute atomic E-state index is 12.2. The van der Waals surface area contributed by atoms with Gasteiger partial charge in [-0.1, -0.05) is 17.7 Å². The van der Waals surface area contributed by atoms with Gasteiger partial charge in [0, 0.05) is 30.3 Å². The zero-order valence-corrected chi connectivity index (χ0v) is 14.3. The first-order valence-electron chi connectivity index (χ1n) is 5.99. The molecule has 6 nitrogen and oxygen atoms in total. The van der Waals surface area contributed by atoms with Gasteiger partial charge >= 0.3 is 12.9 Å². The van der Waals surface area contributed by atoms with E-state index in [0.29, 0.717) is 19.0 Å². The number of nitrogens with zero attached hydrogens (tertiary/aromatic N) is 1. The number of carbonyl (C=O) groups excluding carboxylic acids is 1. The van der Waals surface area contributed by atoms with E-state index < -0.39 is 6.80 Å². The lowest BCUT2D eigenvalue weighted by atomic mass is 10.5. The Labute approximate surface area is 122 Å². The van der Waals surface area contributed by atoms with E-state index in [2.05, 4.69) is 0 Å². The Hall–Kier alpha value is 0.120. The van der Waals surface area contributed by atoms with Crippen LogP contribution in [0.4, 0.5) is 4.79 Å². The first kappa shape index (κ1) is 19.1. The Morgan fingerprint density at radius 1 is 1.21 bits per heavy atom. The molecule has 0 saturated heterocycles. The van der Waals surface area contributed by atoms with Gasteiger partial charge in [-0.25, -0.2) is 9.36 Å². The Bertz CT molecular complexity index is 304. The molecule has 0 saturated carbocycles. The zero-order valence-electron chi connectivity index (χ0n) is 11.8. The van der Waals surface area contributed by atoms with Crippen molar-refractivity contribution in [2.45, 2.75) is 20.3 Å². The summed E-state index contributed by atoms with van der Waals surface area (Å²) in [7, 11) is 5.62. The number of ether oxygens (including phenoxy) is 1. The molecule has 0 radical (unpaired) electrons. The first-order chi connectivity index (χ1) is 8.95. The molecule has 9 heteroatoms. The molecule has 0 spiro atoms. The van der Waals surface area contributed by atoms with Crippen molar-refractivity contribution in [3.05, 3.63) is 0 Å². The van der Waals surface area contributed by atoms with Gasteiger partial charge in [-0.05, 0) is 13.3 Å². The first-order valence-corrected chi connectivity index (χ1v) is 10.5. The topological polar surface area (TPSA) is 65.1 Å². The molecule has 0 aliphatic heterocycles. The van der Waals surface area contributed by atoms with Crippen LogP contribution < -0.4 is 0 Å². The quantitative estimate of drug-likeness (QED) is 0.344. The second-order valence-corrected chi connectivity index (χ2v) is 9.64. The van der Waals surface area contributed by atoms with Gasteiger partial charge < -0.3 is 18.7 Å². The van der Waals surface area contributed by atoms with E-state index in [-0.39, 0.29) is 12.7 Å². The summed E-state index contributed by atoms with van der Waals surface area (Å²) in [6, 6.07) is 0. The van der Waals surface area contributed by atoms with Crippen LogP contribution in [0.5, 0.6) is 0 Å². The molecule has 0 aliphatic carbocycles. The van der Waals surface area contributed by atoms with Gasteiger partial charge in [0.15, 0.2) is 0 Å². The van der Waals surface area contributed by atoms with Gasteiger partial charge in [-0.15, -0.1) is 0 Å². The Morgan fingerprint density at radius 3 is 2.42 bits per heavy atom. The molecule has 0 aromatic heterocycles. The number of carbonyl (C=O) groups is 1. The van der Waals surface area contributed by atoms with Crippen molar-refractivity contribution in [2.75, 3.05) is 39.7 Å². The fourth-order valence-corrected chi connectivity index (χ4v) is 6.29. The molecular formula is C10H22NO5PS2. The molecule has 0 aromatic carbocycles. The lowest BCUT2D eigenvalue weighted by Gasteiger charge is -2.15. The fourth-order valence-electron chi connectivity index (χ4n) is 0.835. The van der Waals surface area contributed by atoms with Crippen molar-refractivity contribution in [1.82, 2.24) is 4.90 Å². The van der Waals surface area contributed by atoms with Crippen LogP contribution in [0.25, 0.3) is 0 Å². The molecule has 0 fully saturated rings. The standard InChI is InChI=1S/C10H22NO5PS2/c1-5-7-16-17(13,15-6-2)19-18-9-8-14-10(12)11(3)4/h5-9H2,1-4H3. The minimum absolute atomic E-state index is 0.259. The van der Waals surface area contributed by atoms with Crippen molar-refractivity contribution in [1.29, 1.82) is 0 Å². The molecule has 1 amide bonds. The molecule has 0 heterocycles. The summed E-state index contributed by atoms with van der Waals surface area (Å²) in [6.07, 6.45) is 0.392. The van der Waals surface area contributed by atoms with Crippen LogP contribution in [-0.4, -0.2) is 50.7 Å². The summed E-state index contributed by atoms with van der Waals surface area (Å²) in [5, 5.41) is 0.